The van der Waals surface area contributed by atoms with Crippen LogP contribution >= 0.6 is 0 Å². The lowest BCUT2D eigenvalue weighted by Crippen LogP contribution is -2.62. The number of hydrogen-bond donors (Lipinski definition) is 0. The fourth-order valence-electron chi connectivity index (χ4n) is 3.97. The average molecular weight is 324 g/mol. The van der Waals surface area contributed by atoms with Gasteiger partial charge in [0.05, 0.1) is 0 Å². The summed E-state index contributed by atoms with van der Waals surface area (Å²) >= 11 is 0. The van der Waals surface area contributed by atoms with E-state index in [4.69, 9.17) is 0 Å². The van der Waals surface area contributed by atoms with E-state index in [0.717, 1.165) is 39.1 Å². The second-order valence-corrected chi connectivity index (χ2v) is 7.27. The van der Waals surface area contributed by atoms with Gasteiger partial charge >= 0.3 is 6.03 Å². The summed E-state index contributed by atoms with van der Waals surface area (Å²) < 4.78 is 0. The maximum absolute atomic E-state index is 12.3. The average Bonchev–Trinajstić information content (AvgIpc) is 2.57. The predicted molar refractivity (Wildman–Crippen MR) is 96.8 cm³/mol. The molecule has 1 atom stereocenters. The summed E-state index contributed by atoms with van der Waals surface area (Å²) in [6.07, 6.45) is 12.2. The molecule has 134 valence electrons. The topological polar surface area (TPSA) is 26.8 Å². The van der Waals surface area contributed by atoms with E-state index in [2.05, 4.69) is 23.6 Å². The summed E-state index contributed by atoms with van der Waals surface area (Å²) in [5.41, 5.74) is 0. The summed E-state index contributed by atoms with van der Waals surface area (Å²) in [4.78, 5) is 19.0. The highest BCUT2D eigenvalue weighted by Crippen LogP contribution is 2.21. The number of urea groups is 1. The second kappa shape index (κ2) is 10.2. The summed E-state index contributed by atoms with van der Waals surface area (Å²) in [5.74, 6) is 0. The van der Waals surface area contributed by atoms with Crippen LogP contribution in [0.1, 0.15) is 71.6 Å². The van der Waals surface area contributed by atoms with Crippen molar-refractivity contribution in [2.45, 2.75) is 77.7 Å². The molecular formula is C19H37N3O. The molecule has 0 bridgehead atoms. The summed E-state index contributed by atoms with van der Waals surface area (Å²) in [7, 11) is 0. The van der Waals surface area contributed by atoms with Crippen LogP contribution in [0.15, 0.2) is 0 Å². The Kier molecular flexibility index (Phi) is 8.21. The van der Waals surface area contributed by atoms with Gasteiger partial charge in [0.2, 0.25) is 0 Å². The zero-order valence-electron chi connectivity index (χ0n) is 15.4. The number of hydrogen-bond acceptors (Lipinski definition) is 2. The van der Waals surface area contributed by atoms with Gasteiger partial charge in [-0.25, -0.2) is 4.79 Å². The molecule has 0 radical (unpaired) electrons. The van der Waals surface area contributed by atoms with E-state index in [1.165, 1.54) is 57.9 Å². The van der Waals surface area contributed by atoms with Gasteiger partial charge in [-0.2, -0.15) is 0 Å². The lowest BCUT2D eigenvalue weighted by molar-refractivity contribution is 0.0450. The highest BCUT2D eigenvalue weighted by molar-refractivity contribution is 5.75. The monoisotopic (exact) mass is 323 g/mol. The quantitative estimate of drug-likeness (QED) is 0.569. The van der Waals surface area contributed by atoms with Gasteiger partial charge < -0.3 is 9.80 Å². The zero-order valence-corrected chi connectivity index (χ0v) is 15.4. The molecule has 0 aromatic rings. The minimum Gasteiger partial charge on any atom is -0.325 e. The molecule has 1 unspecified atom stereocenters. The Bertz CT molecular complexity index is 348. The number of fused-ring (bicyclic) bond motifs is 1. The molecule has 4 nitrogen and oxygen atoms in total. The van der Waals surface area contributed by atoms with Crippen molar-refractivity contribution in [3.05, 3.63) is 0 Å². The van der Waals surface area contributed by atoms with Gasteiger partial charge in [-0.1, -0.05) is 51.9 Å². The third-order valence-corrected chi connectivity index (χ3v) is 5.52. The Morgan fingerprint density at radius 3 is 2.30 bits per heavy atom. The van der Waals surface area contributed by atoms with E-state index in [1.54, 1.807) is 0 Å². The van der Waals surface area contributed by atoms with Crippen LogP contribution in [0.3, 0.4) is 0 Å². The van der Waals surface area contributed by atoms with E-state index >= 15 is 0 Å². The smallest absolute Gasteiger partial charge is 0.320 e. The summed E-state index contributed by atoms with van der Waals surface area (Å²) in [5, 5.41) is 0. The molecule has 4 heteroatoms. The number of rotatable bonds is 10. The lowest BCUT2D eigenvalue weighted by atomic mass is 10.0. The Morgan fingerprint density at radius 1 is 0.913 bits per heavy atom. The molecule has 0 aromatic heterocycles. The van der Waals surface area contributed by atoms with Crippen LogP contribution in [0.5, 0.6) is 0 Å². The Balaban J connectivity index is 1.56. The molecular weight excluding hydrogens is 286 g/mol. The van der Waals surface area contributed by atoms with Crippen LogP contribution in [-0.4, -0.2) is 66.0 Å². The van der Waals surface area contributed by atoms with Crippen LogP contribution in [0.2, 0.25) is 0 Å². The highest BCUT2D eigenvalue weighted by atomic mass is 16.2. The SMILES string of the molecule is CCCCCCCCCCN1CCN2C(=O)N(CC)CCC2C1. The van der Waals surface area contributed by atoms with Gasteiger partial charge in [-0.15, -0.1) is 0 Å². The van der Waals surface area contributed by atoms with Gasteiger partial charge in [-0.3, -0.25) is 4.90 Å². The molecule has 23 heavy (non-hydrogen) atoms. The first-order valence-corrected chi connectivity index (χ1v) is 10.0. The van der Waals surface area contributed by atoms with Crippen LogP contribution in [0.25, 0.3) is 0 Å². The van der Waals surface area contributed by atoms with E-state index in [1.807, 2.05) is 4.90 Å². The summed E-state index contributed by atoms with van der Waals surface area (Å²) in [6.45, 7) is 10.5. The molecule has 2 heterocycles. The molecule has 0 saturated carbocycles. The second-order valence-electron chi connectivity index (χ2n) is 7.27. The molecule has 0 aliphatic carbocycles. The van der Waals surface area contributed by atoms with E-state index in [0.29, 0.717) is 6.04 Å². The molecule has 2 aliphatic heterocycles. The Labute approximate surface area is 143 Å². The number of nitrogens with zero attached hydrogens (tertiary/aromatic N) is 3. The van der Waals surface area contributed by atoms with Crippen molar-refractivity contribution in [2.24, 2.45) is 0 Å². The largest absolute Gasteiger partial charge is 0.325 e. The number of carbonyl (C=O) groups is 1. The molecule has 2 saturated heterocycles. The first-order chi connectivity index (χ1) is 11.3. The van der Waals surface area contributed by atoms with Gasteiger partial charge in [0, 0.05) is 38.8 Å². The molecule has 2 amide bonds. The van der Waals surface area contributed by atoms with Crippen molar-refractivity contribution in [1.29, 1.82) is 0 Å². The van der Waals surface area contributed by atoms with Crippen molar-refractivity contribution in [3.8, 4) is 0 Å². The molecule has 2 rings (SSSR count). The fourth-order valence-corrected chi connectivity index (χ4v) is 3.97. The first kappa shape index (κ1) is 18.6. The van der Waals surface area contributed by atoms with Crippen molar-refractivity contribution in [2.75, 3.05) is 39.3 Å². The van der Waals surface area contributed by atoms with Crippen LogP contribution in [0.4, 0.5) is 4.79 Å². The van der Waals surface area contributed by atoms with E-state index in [9.17, 15) is 4.79 Å². The van der Waals surface area contributed by atoms with Crippen molar-refractivity contribution in [1.82, 2.24) is 14.7 Å². The van der Waals surface area contributed by atoms with Gasteiger partial charge in [0.25, 0.3) is 0 Å². The number of carbonyl (C=O) groups excluding carboxylic acids is 1. The molecule has 0 aromatic carbocycles. The van der Waals surface area contributed by atoms with Crippen LogP contribution in [0, 0.1) is 0 Å². The minimum absolute atomic E-state index is 0.274. The molecule has 2 aliphatic rings. The lowest BCUT2D eigenvalue weighted by Gasteiger charge is -2.47. The van der Waals surface area contributed by atoms with Crippen molar-refractivity contribution in [3.63, 3.8) is 0 Å². The van der Waals surface area contributed by atoms with Crippen LogP contribution < -0.4 is 0 Å². The van der Waals surface area contributed by atoms with E-state index in [-0.39, 0.29) is 6.03 Å². The maximum Gasteiger partial charge on any atom is 0.320 e. The van der Waals surface area contributed by atoms with Crippen molar-refractivity contribution >= 4 is 6.03 Å². The van der Waals surface area contributed by atoms with Gasteiger partial charge in [0.1, 0.15) is 0 Å². The Morgan fingerprint density at radius 2 is 1.61 bits per heavy atom. The predicted octanol–water partition coefficient (Wildman–Crippen LogP) is 3.96. The zero-order chi connectivity index (χ0) is 16.5. The highest BCUT2D eigenvalue weighted by Gasteiger charge is 2.36. The van der Waals surface area contributed by atoms with Gasteiger partial charge in [-0.05, 0) is 26.3 Å². The molecule has 0 N–H and O–H groups in total. The molecule has 2 fully saturated rings. The standard InChI is InChI=1S/C19H37N3O/c1-3-5-6-7-8-9-10-11-13-20-15-16-22-18(17-20)12-14-21(4-2)19(22)23/h18H,3-17H2,1-2H3. The number of unbranched alkanes of at least 4 members (excludes halogenated alkanes) is 7. The normalized spacial score (nSPS) is 22.5. The first-order valence-electron chi connectivity index (χ1n) is 10.0. The fraction of sp³-hybridized carbons (Fsp3) is 0.947. The Hall–Kier alpha value is -0.770. The summed E-state index contributed by atoms with van der Waals surface area (Å²) in [6, 6.07) is 0.739. The minimum atomic E-state index is 0.274. The number of piperazine rings is 1. The van der Waals surface area contributed by atoms with Gasteiger partial charge in [0.15, 0.2) is 0 Å². The van der Waals surface area contributed by atoms with Crippen LogP contribution in [-0.2, 0) is 0 Å². The van der Waals surface area contributed by atoms with Crippen molar-refractivity contribution < 1.29 is 4.79 Å². The maximum atomic E-state index is 12.3. The third-order valence-electron chi connectivity index (χ3n) is 5.52. The third kappa shape index (κ3) is 5.66. The molecule has 0 spiro atoms. The van der Waals surface area contributed by atoms with E-state index < -0.39 is 0 Å². The number of amides is 2.